The number of hydroxylamine groups is 1. The van der Waals surface area contributed by atoms with Crippen LogP contribution in [-0.2, 0) is 16.2 Å². The van der Waals surface area contributed by atoms with Gasteiger partial charge in [0, 0.05) is 23.6 Å². The Bertz CT molecular complexity index is 1180. The van der Waals surface area contributed by atoms with E-state index < -0.39 is 11.9 Å². The van der Waals surface area contributed by atoms with Gasteiger partial charge in [0.2, 0.25) is 11.8 Å². The van der Waals surface area contributed by atoms with Gasteiger partial charge in [-0.2, -0.15) is 0 Å². The molecule has 1 fully saturated rings. The fraction of sp³-hybridized carbons (Fsp3) is 0.346. The predicted molar refractivity (Wildman–Crippen MR) is 127 cm³/mol. The number of pyridine rings is 1. The standard InChI is InChI=1S/C26H29N3O5/c1-16(2)24(25(30)28-32)29-13-12-21(26(29)31)17-8-10-19(11-9-17)34-15-18-14-23(33-3)27-22-7-5-4-6-20(18)22/h4-11,14,16,21,24,32H,12-13,15H2,1-3H3,(H,28,30). The SMILES string of the molecule is COc1cc(COc2ccc(C3CCN(C(C(=O)NO)C(C)C)C3=O)cc2)c2ccccc2n1. The Labute approximate surface area is 198 Å². The number of amides is 2. The van der Waals surface area contributed by atoms with Crippen molar-refractivity contribution in [2.45, 2.75) is 38.8 Å². The Balaban J connectivity index is 1.46. The number of ether oxygens (including phenoxy) is 2. The van der Waals surface area contributed by atoms with Crippen molar-refractivity contribution in [3.63, 3.8) is 0 Å². The third-order valence-corrected chi connectivity index (χ3v) is 6.25. The number of aromatic nitrogens is 1. The van der Waals surface area contributed by atoms with Crippen LogP contribution in [0.5, 0.6) is 11.6 Å². The van der Waals surface area contributed by atoms with Crippen LogP contribution in [0.25, 0.3) is 10.9 Å². The second-order valence-electron chi connectivity index (χ2n) is 8.74. The first-order chi connectivity index (χ1) is 16.4. The number of benzene rings is 2. The molecule has 0 spiro atoms. The van der Waals surface area contributed by atoms with Gasteiger partial charge in [0.25, 0.3) is 5.91 Å². The molecule has 1 aliphatic rings. The van der Waals surface area contributed by atoms with E-state index in [4.69, 9.17) is 14.7 Å². The van der Waals surface area contributed by atoms with Crippen LogP contribution in [0.4, 0.5) is 0 Å². The predicted octanol–water partition coefficient (Wildman–Crippen LogP) is 3.67. The van der Waals surface area contributed by atoms with E-state index in [1.54, 1.807) is 17.5 Å². The van der Waals surface area contributed by atoms with Crippen LogP contribution in [0.2, 0.25) is 0 Å². The van der Waals surface area contributed by atoms with E-state index in [0.29, 0.717) is 31.2 Å². The summed E-state index contributed by atoms with van der Waals surface area (Å²) in [6, 6.07) is 16.5. The van der Waals surface area contributed by atoms with E-state index in [0.717, 1.165) is 22.0 Å². The lowest BCUT2D eigenvalue weighted by Gasteiger charge is -2.29. The second kappa shape index (κ2) is 10.1. The van der Waals surface area contributed by atoms with Crippen molar-refractivity contribution in [2.75, 3.05) is 13.7 Å². The highest BCUT2D eigenvalue weighted by molar-refractivity contribution is 5.92. The number of hydrogen-bond acceptors (Lipinski definition) is 6. The third kappa shape index (κ3) is 4.68. The summed E-state index contributed by atoms with van der Waals surface area (Å²) in [4.78, 5) is 31.2. The summed E-state index contributed by atoms with van der Waals surface area (Å²) in [6.45, 7) is 4.53. The minimum absolute atomic E-state index is 0.105. The zero-order valence-corrected chi connectivity index (χ0v) is 19.5. The van der Waals surface area contributed by atoms with E-state index in [1.165, 1.54) is 0 Å². The Morgan fingerprint density at radius 1 is 1.21 bits per heavy atom. The molecule has 1 saturated heterocycles. The van der Waals surface area contributed by atoms with Gasteiger partial charge in [-0.1, -0.05) is 44.2 Å². The van der Waals surface area contributed by atoms with Crippen molar-refractivity contribution in [2.24, 2.45) is 5.92 Å². The molecule has 1 aromatic heterocycles. The maximum Gasteiger partial charge on any atom is 0.266 e. The smallest absolute Gasteiger partial charge is 0.266 e. The first kappa shape index (κ1) is 23.5. The van der Waals surface area contributed by atoms with E-state index in [1.807, 2.05) is 68.4 Å². The van der Waals surface area contributed by atoms with Gasteiger partial charge in [0.05, 0.1) is 18.5 Å². The molecule has 3 aromatic rings. The molecule has 2 unspecified atom stereocenters. The lowest BCUT2D eigenvalue weighted by atomic mass is 9.97. The molecule has 4 rings (SSSR count). The number of nitrogens with one attached hydrogen (secondary N) is 1. The monoisotopic (exact) mass is 463 g/mol. The van der Waals surface area contributed by atoms with Crippen LogP contribution in [0.15, 0.2) is 54.6 Å². The highest BCUT2D eigenvalue weighted by Gasteiger charge is 2.40. The minimum atomic E-state index is -0.697. The van der Waals surface area contributed by atoms with Crippen molar-refractivity contribution in [1.82, 2.24) is 15.4 Å². The first-order valence-electron chi connectivity index (χ1n) is 11.3. The maximum atomic E-state index is 13.1. The summed E-state index contributed by atoms with van der Waals surface area (Å²) < 4.78 is 11.3. The first-order valence-corrected chi connectivity index (χ1v) is 11.3. The van der Waals surface area contributed by atoms with Crippen molar-refractivity contribution in [3.8, 4) is 11.6 Å². The molecule has 2 N–H and O–H groups in total. The van der Waals surface area contributed by atoms with E-state index in [9.17, 15) is 9.59 Å². The Morgan fingerprint density at radius 2 is 1.94 bits per heavy atom. The fourth-order valence-corrected chi connectivity index (χ4v) is 4.56. The van der Waals surface area contributed by atoms with E-state index in [-0.39, 0.29) is 17.7 Å². The number of carbonyl (C=O) groups excluding carboxylic acids is 2. The quantitative estimate of drug-likeness (QED) is 0.391. The minimum Gasteiger partial charge on any atom is -0.489 e. The number of nitrogens with zero attached hydrogens (tertiary/aromatic N) is 2. The molecule has 2 amide bonds. The molecular formula is C26H29N3O5. The molecule has 0 aliphatic carbocycles. The average molecular weight is 464 g/mol. The van der Waals surface area contributed by atoms with Crippen LogP contribution < -0.4 is 15.0 Å². The lowest BCUT2D eigenvalue weighted by Crippen LogP contribution is -2.50. The van der Waals surface area contributed by atoms with Crippen LogP contribution in [-0.4, -0.2) is 46.6 Å². The summed E-state index contributed by atoms with van der Waals surface area (Å²) in [5, 5.41) is 10.1. The summed E-state index contributed by atoms with van der Waals surface area (Å²) in [7, 11) is 1.59. The molecule has 178 valence electrons. The number of fused-ring (bicyclic) bond motifs is 1. The van der Waals surface area contributed by atoms with Gasteiger partial charge in [-0.15, -0.1) is 0 Å². The molecule has 8 nitrogen and oxygen atoms in total. The van der Waals surface area contributed by atoms with Crippen LogP contribution in [0.1, 0.15) is 37.3 Å². The second-order valence-corrected chi connectivity index (χ2v) is 8.74. The Kier molecular flexibility index (Phi) is 6.98. The molecule has 34 heavy (non-hydrogen) atoms. The van der Waals surface area contributed by atoms with Gasteiger partial charge in [-0.25, -0.2) is 10.5 Å². The average Bonchev–Trinajstić information content (AvgIpc) is 3.23. The molecule has 2 heterocycles. The summed E-state index contributed by atoms with van der Waals surface area (Å²) >= 11 is 0. The summed E-state index contributed by atoms with van der Waals surface area (Å²) in [5.74, 6) is 0.111. The largest absolute Gasteiger partial charge is 0.489 e. The molecule has 2 aromatic carbocycles. The molecule has 0 bridgehead atoms. The van der Waals surface area contributed by atoms with Gasteiger partial charge >= 0.3 is 0 Å². The number of likely N-dealkylation sites (tertiary alicyclic amines) is 1. The Hall–Kier alpha value is -3.65. The normalized spacial score (nSPS) is 16.7. The number of para-hydroxylation sites is 1. The number of carbonyl (C=O) groups is 2. The third-order valence-electron chi connectivity index (χ3n) is 6.25. The van der Waals surface area contributed by atoms with Crippen molar-refractivity contribution in [1.29, 1.82) is 0 Å². The molecule has 0 saturated carbocycles. The van der Waals surface area contributed by atoms with Gasteiger partial charge in [0.1, 0.15) is 18.4 Å². The number of methoxy groups -OCH3 is 1. The van der Waals surface area contributed by atoms with Crippen LogP contribution >= 0.6 is 0 Å². The van der Waals surface area contributed by atoms with Gasteiger partial charge < -0.3 is 14.4 Å². The van der Waals surface area contributed by atoms with Gasteiger partial charge in [0.15, 0.2) is 0 Å². The molecular weight excluding hydrogens is 434 g/mol. The molecule has 0 radical (unpaired) electrons. The van der Waals surface area contributed by atoms with Gasteiger partial charge in [-0.3, -0.25) is 14.8 Å². The fourth-order valence-electron chi connectivity index (χ4n) is 4.56. The lowest BCUT2D eigenvalue weighted by molar-refractivity contribution is -0.144. The number of rotatable bonds is 8. The maximum absolute atomic E-state index is 13.1. The zero-order chi connectivity index (χ0) is 24.2. The van der Waals surface area contributed by atoms with Crippen LogP contribution in [0, 0.1) is 5.92 Å². The highest BCUT2D eigenvalue weighted by Crippen LogP contribution is 2.32. The molecule has 2 atom stereocenters. The van der Waals surface area contributed by atoms with Crippen molar-refractivity contribution < 1.29 is 24.3 Å². The van der Waals surface area contributed by atoms with Gasteiger partial charge in [-0.05, 0) is 36.1 Å². The highest BCUT2D eigenvalue weighted by atomic mass is 16.5. The van der Waals surface area contributed by atoms with Crippen molar-refractivity contribution >= 4 is 22.7 Å². The molecule has 1 aliphatic heterocycles. The summed E-state index contributed by atoms with van der Waals surface area (Å²) in [6.07, 6.45) is 0.615. The zero-order valence-electron chi connectivity index (χ0n) is 19.5. The number of hydrogen-bond donors (Lipinski definition) is 2. The van der Waals surface area contributed by atoms with Crippen LogP contribution in [0.3, 0.4) is 0 Å². The van der Waals surface area contributed by atoms with Crippen molar-refractivity contribution in [3.05, 3.63) is 65.7 Å². The molecule has 8 heteroatoms. The summed E-state index contributed by atoms with van der Waals surface area (Å²) in [5.41, 5.74) is 4.38. The van der Waals surface area contributed by atoms with E-state index in [2.05, 4.69) is 4.98 Å². The topological polar surface area (TPSA) is 101 Å². The van der Waals surface area contributed by atoms with E-state index >= 15 is 0 Å². The Morgan fingerprint density at radius 3 is 2.62 bits per heavy atom.